The Bertz CT molecular complexity index is 1050. The third-order valence-electron chi connectivity index (χ3n) is 5.82. The Morgan fingerprint density at radius 3 is 1.58 bits per heavy atom. The molecule has 176 valence electrons. The molecule has 7 heteroatoms. The summed E-state index contributed by atoms with van der Waals surface area (Å²) in [5.74, 6) is 0.929. The standard InChI is InChI=1S/C26H35N6.ClH/c1-18-12-23(29(6)7)13-19(2)25(18)16-27-31-10-11-32(22(31)5)28-17-26-20(3)14-24(30(8)9)15-21(26)4;/h10-17H,1-9H3;1H/q+1;/p-1/b27-16+,28-17+;. The lowest BCUT2D eigenvalue weighted by molar-refractivity contribution is -0.684. The highest BCUT2D eigenvalue weighted by atomic mass is 35.5. The maximum atomic E-state index is 4.69. The van der Waals surface area contributed by atoms with Crippen LogP contribution in [0.2, 0.25) is 0 Å². The van der Waals surface area contributed by atoms with E-state index in [1.807, 2.05) is 41.1 Å². The highest BCUT2D eigenvalue weighted by molar-refractivity contribution is 5.85. The van der Waals surface area contributed by atoms with Gasteiger partial charge in [-0.1, -0.05) is 10.2 Å². The van der Waals surface area contributed by atoms with E-state index in [4.69, 9.17) is 10.2 Å². The number of benzene rings is 2. The minimum absolute atomic E-state index is 0. The molecule has 0 aliphatic carbocycles. The molecule has 3 rings (SSSR count). The van der Waals surface area contributed by atoms with Crippen molar-refractivity contribution in [3.05, 3.63) is 75.9 Å². The SMILES string of the molecule is Cc1cc(N(C)C)cc(C)c1/C=N/n1cc[n+](/N=C/c2c(C)cc(N(C)C)cc2C)c1C.[Cl-]. The number of aryl methyl sites for hydroxylation is 4. The fourth-order valence-corrected chi connectivity index (χ4v) is 3.76. The quantitative estimate of drug-likeness (QED) is 0.405. The first-order chi connectivity index (χ1) is 15.1. The fourth-order valence-electron chi connectivity index (χ4n) is 3.76. The van der Waals surface area contributed by atoms with Crippen molar-refractivity contribution in [1.29, 1.82) is 0 Å². The molecule has 1 heterocycles. The molecular formula is C26H35ClN6. The van der Waals surface area contributed by atoms with E-state index in [0.29, 0.717) is 0 Å². The highest BCUT2D eigenvalue weighted by Crippen LogP contribution is 2.21. The van der Waals surface area contributed by atoms with Crippen LogP contribution >= 0.6 is 0 Å². The van der Waals surface area contributed by atoms with Crippen LogP contribution in [0.1, 0.15) is 39.2 Å². The summed E-state index contributed by atoms with van der Waals surface area (Å²) in [5.41, 5.74) is 9.52. The number of aromatic nitrogens is 2. The van der Waals surface area contributed by atoms with E-state index in [2.05, 4.69) is 90.0 Å². The van der Waals surface area contributed by atoms with Crippen LogP contribution in [0.25, 0.3) is 0 Å². The van der Waals surface area contributed by atoms with Crippen LogP contribution in [0.3, 0.4) is 0 Å². The van der Waals surface area contributed by atoms with Gasteiger partial charge in [0.1, 0.15) is 0 Å². The molecule has 3 aromatic rings. The monoisotopic (exact) mass is 466 g/mol. The number of hydrogen-bond acceptors (Lipinski definition) is 4. The number of halogens is 1. The largest absolute Gasteiger partial charge is 1.00 e. The van der Waals surface area contributed by atoms with Gasteiger partial charge in [0.15, 0.2) is 12.4 Å². The van der Waals surface area contributed by atoms with Crippen molar-refractivity contribution in [3.63, 3.8) is 0 Å². The van der Waals surface area contributed by atoms with Gasteiger partial charge in [-0.15, -0.1) is 9.35 Å². The molecule has 33 heavy (non-hydrogen) atoms. The first-order valence-corrected chi connectivity index (χ1v) is 10.8. The van der Waals surface area contributed by atoms with Crippen molar-refractivity contribution < 1.29 is 17.1 Å². The van der Waals surface area contributed by atoms with Crippen molar-refractivity contribution in [2.45, 2.75) is 34.6 Å². The molecule has 0 unspecified atom stereocenters. The number of rotatable bonds is 6. The molecule has 0 aliphatic rings. The van der Waals surface area contributed by atoms with Crippen LogP contribution in [0.5, 0.6) is 0 Å². The van der Waals surface area contributed by atoms with Gasteiger partial charge in [0, 0.05) is 57.6 Å². The Morgan fingerprint density at radius 2 is 1.15 bits per heavy atom. The Morgan fingerprint density at radius 1 is 0.727 bits per heavy atom. The summed E-state index contributed by atoms with van der Waals surface area (Å²) in [4.78, 5) is 4.24. The Labute approximate surface area is 204 Å². The second kappa shape index (κ2) is 10.7. The number of imidazole rings is 1. The zero-order chi connectivity index (χ0) is 23.6. The smallest absolute Gasteiger partial charge is 0.304 e. The molecule has 0 saturated carbocycles. The molecule has 0 bridgehead atoms. The van der Waals surface area contributed by atoms with Crippen molar-refractivity contribution >= 4 is 23.8 Å². The van der Waals surface area contributed by atoms with Crippen LogP contribution < -0.4 is 26.9 Å². The van der Waals surface area contributed by atoms with E-state index in [1.54, 1.807) is 0 Å². The molecule has 2 aromatic carbocycles. The third-order valence-corrected chi connectivity index (χ3v) is 5.82. The van der Waals surface area contributed by atoms with Gasteiger partial charge in [-0.3, -0.25) is 0 Å². The predicted molar refractivity (Wildman–Crippen MR) is 136 cm³/mol. The Hall–Kier alpha value is -3.12. The fraction of sp³-hybridized carbons (Fsp3) is 0.346. The van der Waals surface area contributed by atoms with Gasteiger partial charge in [-0.25, -0.2) is 0 Å². The molecule has 0 N–H and O–H groups in total. The summed E-state index contributed by atoms with van der Waals surface area (Å²) >= 11 is 0. The lowest BCUT2D eigenvalue weighted by atomic mass is 10.0. The summed E-state index contributed by atoms with van der Waals surface area (Å²) < 4.78 is 3.70. The number of nitrogens with zero attached hydrogens (tertiary/aromatic N) is 6. The molecule has 6 nitrogen and oxygen atoms in total. The number of hydrogen-bond donors (Lipinski definition) is 0. The van der Waals surface area contributed by atoms with Crippen molar-refractivity contribution in [2.75, 3.05) is 38.0 Å². The molecule has 0 fully saturated rings. The molecule has 0 atom stereocenters. The van der Waals surface area contributed by atoms with Gasteiger partial charge in [-0.05, 0) is 74.2 Å². The van der Waals surface area contributed by atoms with E-state index in [-0.39, 0.29) is 12.4 Å². The van der Waals surface area contributed by atoms with Gasteiger partial charge < -0.3 is 22.2 Å². The molecule has 0 spiro atoms. The van der Waals surface area contributed by atoms with Crippen molar-refractivity contribution in [2.24, 2.45) is 10.2 Å². The van der Waals surface area contributed by atoms with Crippen molar-refractivity contribution in [1.82, 2.24) is 4.68 Å². The van der Waals surface area contributed by atoms with E-state index >= 15 is 0 Å². The van der Waals surface area contributed by atoms with Crippen LogP contribution in [0, 0.1) is 34.6 Å². The molecule has 1 aromatic heterocycles. The Kier molecular flexibility index (Phi) is 8.45. The summed E-state index contributed by atoms with van der Waals surface area (Å²) in [6, 6.07) is 8.75. The first-order valence-electron chi connectivity index (χ1n) is 10.8. The second-order valence-electron chi connectivity index (χ2n) is 8.80. The molecular weight excluding hydrogens is 432 g/mol. The molecule has 0 radical (unpaired) electrons. The van der Waals surface area contributed by atoms with Gasteiger partial charge in [-0.2, -0.15) is 0 Å². The lowest BCUT2D eigenvalue weighted by Crippen LogP contribution is -3.00. The average Bonchev–Trinajstić information content (AvgIpc) is 3.06. The Balaban J connectivity index is 0.00000385. The maximum absolute atomic E-state index is 4.69. The topological polar surface area (TPSA) is 40.0 Å². The summed E-state index contributed by atoms with van der Waals surface area (Å²) in [5, 5.41) is 9.38. The minimum Gasteiger partial charge on any atom is -1.00 e. The normalized spacial score (nSPS) is 11.3. The zero-order valence-corrected chi connectivity index (χ0v) is 21.9. The zero-order valence-electron chi connectivity index (χ0n) is 21.2. The van der Waals surface area contributed by atoms with Crippen LogP contribution in [0.4, 0.5) is 11.4 Å². The van der Waals surface area contributed by atoms with E-state index in [0.717, 1.165) is 17.0 Å². The third kappa shape index (κ3) is 5.82. The minimum atomic E-state index is 0. The van der Waals surface area contributed by atoms with E-state index in [9.17, 15) is 0 Å². The predicted octanol–water partition coefficient (Wildman–Crippen LogP) is 1.22. The number of anilines is 2. The maximum Gasteiger partial charge on any atom is 0.304 e. The molecule has 0 amide bonds. The highest BCUT2D eigenvalue weighted by Gasteiger charge is 2.12. The van der Waals surface area contributed by atoms with Gasteiger partial charge >= 0.3 is 5.82 Å². The summed E-state index contributed by atoms with van der Waals surface area (Å²) in [6.07, 6.45) is 7.71. The van der Waals surface area contributed by atoms with Crippen LogP contribution in [-0.4, -0.2) is 45.3 Å². The molecule has 0 saturated heterocycles. The first kappa shape index (κ1) is 26.1. The van der Waals surface area contributed by atoms with Gasteiger partial charge in [0.05, 0.1) is 12.4 Å². The lowest BCUT2D eigenvalue weighted by Gasteiger charge is -2.16. The second-order valence-corrected chi connectivity index (χ2v) is 8.80. The van der Waals surface area contributed by atoms with E-state index < -0.39 is 0 Å². The van der Waals surface area contributed by atoms with Crippen molar-refractivity contribution in [3.8, 4) is 0 Å². The van der Waals surface area contributed by atoms with Gasteiger partial charge in [0.25, 0.3) is 0 Å². The van der Waals surface area contributed by atoms with Gasteiger partial charge in [0.2, 0.25) is 0 Å². The summed E-state index contributed by atoms with van der Waals surface area (Å²) in [6.45, 7) is 10.5. The van der Waals surface area contributed by atoms with Crippen LogP contribution in [0.15, 0.2) is 46.9 Å². The summed E-state index contributed by atoms with van der Waals surface area (Å²) in [7, 11) is 8.24. The van der Waals surface area contributed by atoms with Crippen LogP contribution in [-0.2, 0) is 0 Å². The van der Waals surface area contributed by atoms with E-state index in [1.165, 1.54) is 33.6 Å². The average molecular weight is 467 g/mol. The molecule has 0 aliphatic heterocycles.